The number of pyridine rings is 1. The van der Waals surface area contributed by atoms with Crippen LogP contribution in [0.15, 0.2) is 24.3 Å². The number of halogens is 2. The van der Waals surface area contributed by atoms with E-state index in [1.54, 1.807) is 18.2 Å². The second-order valence-corrected chi connectivity index (χ2v) is 4.54. The van der Waals surface area contributed by atoms with Crippen LogP contribution < -0.4 is 4.74 Å². The lowest BCUT2D eigenvalue weighted by Crippen LogP contribution is -2.10. The Balaban J connectivity index is 2.65. The van der Waals surface area contributed by atoms with Gasteiger partial charge in [-0.3, -0.25) is 0 Å². The first kappa shape index (κ1) is 14.2. The van der Waals surface area contributed by atoms with E-state index in [2.05, 4.69) is 9.72 Å². The molecule has 6 heteroatoms. The standard InChI is InChI=1S/C11H11ClINO3/c1-7(3-6-10(15)16-2)17-8-4-5-9(12)14-11(8)13/h3-7H,1-2H3/b6-3+. The highest BCUT2D eigenvalue weighted by Crippen LogP contribution is 2.22. The molecular weight excluding hydrogens is 356 g/mol. The van der Waals surface area contributed by atoms with E-state index in [0.29, 0.717) is 14.6 Å². The number of ether oxygens (including phenoxy) is 2. The van der Waals surface area contributed by atoms with Crippen LogP contribution in [0.1, 0.15) is 6.92 Å². The lowest BCUT2D eigenvalue weighted by Gasteiger charge is -2.11. The van der Waals surface area contributed by atoms with Crippen LogP contribution in [-0.2, 0) is 9.53 Å². The van der Waals surface area contributed by atoms with Crippen molar-refractivity contribution in [3.05, 3.63) is 33.1 Å². The predicted octanol–water partition coefficient (Wildman–Crippen LogP) is 2.84. The van der Waals surface area contributed by atoms with E-state index in [9.17, 15) is 4.79 Å². The molecule has 1 heterocycles. The van der Waals surface area contributed by atoms with Crippen LogP contribution in [0.4, 0.5) is 0 Å². The van der Waals surface area contributed by atoms with Gasteiger partial charge in [0.2, 0.25) is 0 Å². The predicted molar refractivity (Wildman–Crippen MR) is 73.2 cm³/mol. The second kappa shape index (κ2) is 6.80. The number of aromatic nitrogens is 1. The van der Waals surface area contributed by atoms with E-state index < -0.39 is 5.97 Å². The summed E-state index contributed by atoms with van der Waals surface area (Å²) < 4.78 is 10.7. The van der Waals surface area contributed by atoms with E-state index in [1.807, 2.05) is 29.5 Å². The van der Waals surface area contributed by atoms with Crippen LogP contribution in [0.3, 0.4) is 0 Å². The number of hydrogen-bond donors (Lipinski definition) is 0. The van der Waals surface area contributed by atoms with Gasteiger partial charge in [-0.1, -0.05) is 11.6 Å². The van der Waals surface area contributed by atoms with Gasteiger partial charge in [0.25, 0.3) is 0 Å². The van der Waals surface area contributed by atoms with Crippen molar-refractivity contribution in [3.8, 4) is 5.75 Å². The number of methoxy groups -OCH3 is 1. The van der Waals surface area contributed by atoms with Gasteiger partial charge in [0.1, 0.15) is 15.0 Å². The van der Waals surface area contributed by atoms with Gasteiger partial charge in [-0.25, -0.2) is 9.78 Å². The Morgan fingerprint density at radius 2 is 2.29 bits per heavy atom. The van der Waals surface area contributed by atoms with E-state index >= 15 is 0 Å². The van der Waals surface area contributed by atoms with Crippen LogP contribution in [0.25, 0.3) is 0 Å². The maximum Gasteiger partial charge on any atom is 0.330 e. The summed E-state index contributed by atoms with van der Waals surface area (Å²) in [5.74, 6) is 0.210. The Labute approximate surface area is 118 Å². The molecule has 0 fully saturated rings. The molecule has 0 saturated heterocycles. The summed E-state index contributed by atoms with van der Waals surface area (Å²) in [6.07, 6.45) is 2.67. The van der Waals surface area contributed by atoms with Gasteiger partial charge in [0.05, 0.1) is 7.11 Å². The molecular formula is C11H11ClINO3. The lowest BCUT2D eigenvalue weighted by molar-refractivity contribution is -0.134. The van der Waals surface area contributed by atoms with Crippen molar-refractivity contribution in [3.63, 3.8) is 0 Å². The van der Waals surface area contributed by atoms with E-state index in [0.717, 1.165) is 0 Å². The number of nitrogens with zero attached hydrogens (tertiary/aromatic N) is 1. The quantitative estimate of drug-likeness (QED) is 0.355. The van der Waals surface area contributed by atoms with Gasteiger partial charge in [-0.2, -0.15) is 0 Å². The van der Waals surface area contributed by atoms with Crippen LogP contribution in [-0.4, -0.2) is 24.2 Å². The molecule has 0 bridgehead atoms. The molecule has 1 rings (SSSR count). The summed E-state index contributed by atoms with van der Waals surface area (Å²) in [5.41, 5.74) is 0. The molecule has 0 aliphatic heterocycles. The minimum atomic E-state index is -0.413. The molecule has 92 valence electrons. The molecule has 0 spiro atoms. The summed E-state index contributed by atoms with van der Waals surface area (Å²) in [6.45, 7) is 1.81. The van der Waals surface area contributed by atoms with Crippen molar-refractivity contribution < 1.29 is 14.3 Å². The number of rotatable bonds is 4. The fourth-order valence-electron chi connectivity index (χ4n) is 1.01. The van der Waals surface area contributed by atoms with E-state index in [4.69, 9.17) is 16.3 Å². The number of esters is 1. The van der Waals surface area contributed by atoms with Crippen LogP contribution in [0, 0.1) is 3.70 Å². The Kier molecular flexibility index (Phi) is 5.70. The van der Waals surface area contributed by atoms with Crippen molar-refractivity contribution >= 4 is 40.2 Å². The zero-order valence-corrected chi connectivity index (χ0v) is 12.2. The molecule has 0 aliphatic carbocycles. The average molecular weight is 368 g/mol. The smallest absolute Gasteiger partial charge is 0.330 e. The zero-order valence-electron chi connectivity index (χ0n) is 9.31. The Bertz CT molecular complexity index is 437. The van der Waals surface area contributed by atoms with Crippen LogP contribution in [0.2, 0.25) is 5.15 Å². The average Bonchev–Trinajstić information content (AvgIpc) is 2.29. The molecule has 0 saturated carbocycles. The van der Waals surface area contributed by atoms with Gasteiger partial charge in [0, 0.05) is 6.08 Å². The normalized spacial score (nSPS) is 12.5. The van der Waals surface area contributed by atoms with Crippen molar-refractivity contribution in [1.29, 1.82) is 0 Å². The number of carbonyl (C=O) groups is 1. The third-order valence-electron chi connectivity index (χ3n) is 1.80. The van der Waals surface area contributed by atoms with Gasteiger partial charge in [0.15, 0.2) is 5.75 Å². The fourth-order valence-corrected chi connectivity index (χ4v) is 1.87. The molecule has 0 radical (unpaired) electrons. The molecule has 17 heavy (non-hydrogen) atoms. The topological polar surface area (TPSA) is 48.4 Å². The summed E-state index contributed by atoms with van der Waals surface area (Å²) >= 11 is 7.76. The summed E-state index contributed by atoms with van der Waals surface area (Å²) in [4.78, 5) is 14.9. The van der Waals surface area contributed by atoms with Gasteiger partial charge < -0.3 is 9.47 Å². The monoisotopic (exact) mass is 367 g/mol. The highest BCUT2D eigenvalue weighted by molar-refractivity contribution is 14.1. The van der Waals surface area contributed by atoms with E-state index in [-0.39, 0.29) is 6.10 Å². The second-order valence-electron chi connectivity index (χ2n) is 3.13. The fraction of sp³-hybridized carbons (Fsp3) is 0.273. The minimum Gasteiger partial charge on any atom is -0.484 e. The molecule has 4 nitrogen and oxygen atoms in total. The number of carbonyl (C=O) groups excluding carboxylic acids is 1. The molecule has 0 amide bonds. The zero-order chi connectivity index (χ0) is 12.8. The Morgan fingerprint density at radius 1 is 1.59 bits per heavy atom. The third kappa shape index (κ3) is 4.91. The molecule has 1 atom stereocenters. The van der Waals surface area contributed by atoms with Gasteiger partial charge >= 0.3 is 5.97 Å². The van der Waals surface area contributed by atoms with Crippen molar-refractivity contribution in [2.45, 2.75) is 13.0 Å². The number of hydrogen-bond acceptors (Lipinski definition) is 4. The largest absolute Gasteiger partial charge is 0.484 e. The molecule has 1 aromatic rings. The van der Waals surface area contributed by atoms with Gasteiger partial charge in [-0.05, 0) is 47.7 Å². The molecule has 0 aliphatic rings. The third-order valence-corrected chi connectivity index (χ3v) is 2.78. The van der Waals surface area contributed by atoms with E-state index in [1.165, 1.54) is 13.2 Å². The van der Waals surface area contributed by atoms with Gasteiger partial charge in [-0.15, -0.1) is 0 Å². The Morgan fingerprint density at radius 3 is 2.88 bits per heavy atom. The molecule has 1 unspecified atom stereocenters. The highest BCUT2D eigenvalue weighted by Gasteiger charge is 2.06. The first-order valence-electron chi connectivity index (χ1n) is 4.77. The first-order valence-corrected chi connectivity index (χ1v) is 6.23. The lowest BCUT2D eigenvalue weighted by atomic mass is 10.3. The van der Waals surface area contributed by atoms with Crippen molar-refractivity contribution in [2.75, 3.05) is 7.11 Å². The van der Waals surface area contributed by atoms with Crippen LogP contribution in [0.5, 0.6) is 5.75 Å². The van der Waals surface area contributed by atoms with Crippen molar-refractivity contribution in [1.82, 2.24) is 4.98 Å². The Hall–Kier alpha value is -0.820. The van der Waals surface area contributed by atoms with Crippen LogP contribution >= 0.6 is 34.2 Å². The van der Waals surface area contributed by atoms with Crippen molar-refractivity contribution in [2.24, 2.45) is 0 Å². The first-order chi connectivity index (χ1) is 8.02. The maximum absolute atomic E-state index is 10.9. The highest BCUT2D eigenvalue weighted by atomic mass is 127. The SMILES string of the molecule is COC(=O)/C=C/C(C)Oc1ccc(Cl)nc1I. The molecule has 0 N–H and O–H groups in total. The summed E-state index contributed by atoms with van der Waals surface area (Å²) in [6, 6.07) is 3.38. The molecule has 1 aromatic heterocycles. The molecule has 0 aromatic carbocycles. The summed E-state index contributed by atoms with van der Waals surface area (Å²) in [7, 11) is 1.32. The summed E-state index contributed by atoms with van der Waals surface area (Å²) in [5, 5.41) is 0.416. The minimum absolute atomic E-state index is 0.259. The maximum atomic E-state index is 10.9.